The molecule has 0 N–H and O–H groups in total. The van der Waals surface area contributed by atoms with Gasteiger partial charge in [0.2, 0.25) is 0 Å². The fraction of sp³-hybridized carbons (Fsp3) is 0.273. The van der Waals surface area contributed by atoms with Gasteiger partial charge in [-0.1, -0.05) is 28.9 Å². The summed E-state index contributed by atoms with van der Waals surface area (Å²) < 4.78 is 1.40. The minimum Gasteiger partial charge on any atom is -0.143 e. The van der Waals surface area contributed by atoms with Crippen molar-refractivity contribution in [3.05, 3.63) is 28.6 Å². The second-order valence-corrected chi connectivity index (χ2v) is 5.36. The molecule has 0 spiro atoms. The molecule has 0 saturated heterocycles. The summed E-state index contributed by atoms with van der Waals surface area (Å²) in [7, 11) is 0. The Morgan fingerprint density at radius 1 is 1.43 bits per heavy atom. The first-order valence-corrected chi connectivity index (χ1v) is 6.94. The van der Waals surface area contributed by atoms with Crippen LogP contribution < -0.4 is 0 Å². The number of alkyl halides is 1. The molecule has 0 nitrogen and oxygen atoms in total. The molecule has 0 aliphatic rings. The molecule has 14 heavy (non-hydrogen) atoms. The second-order valence-electron chi connectivity index (χ2n) is 3.18. The smallest absolute Gasteiger partial charge is 0.0388 e. The maximum Gasteiger partial charge on any atom is 0.0388 e. The van der Waals surface area contributed by atoms with E-state index >= 15 is 0 Å². The Morgan fingerprint density at radius 3 is 2.86 bits per heavy atom. The van der Waals surface area contributed by atoms with Crippen molar-refractivity contribution in [2.75, 3.05) is 0 Å². The van der Waals surface area contributed by atoms with E-state index in [1.165, 1.54) is 20.5 Å². The maximum absolute atomic E-state index is 4.49. The number of fused-ring (bicyclic) bond motifs is 1. The van der Waals surface area contributed by atoms with Gasteiger partial charge in [0.1, 0.15) is 0 Å². The van der Waals surface area contributed by atoms with Crippen LogP contribution in [0.2, 0.25) is 0 Å². The number of thiophene rings is 1. The predicted molar refractivity (Wildman–Crippen MR) is 71.1 cm³/mol. The molecule has 2 rings (SSSR count). The average Bonchev–Trinajstić information content (AvgIpc) is 2.60. The molecule has 1 heterocycles. The molecule has 0 fully saturated rings. The minimum absolute atomic E-state index is 0.942. The quantitative estimate of drug-likeness (QED) is 0.603. The van der Waals surface area contributed by atoms with Crippen LogP contribution in [0, 0.1) is 0 Å². The van der Waals surface area contributed by atoms with Gasteiger partial charge in [0, 0.05) is 19.8 Å². The van der Waals surface area contributed by atoms with Gasteiger partial charge in [0.05, 0.1) is 0 Å². The Bertz CT molecular complexity index is 460. The number of aryl methyl sites for hydroxylation is 1. The van der Waals surface area contributed by atoms with E-state index in [2.05, 4.69) is 53.7 Å². The SMILES string of the molecule is CCc1c(S)ccc2cc(CBr)sc12. The van der Waals surface area contributed by atoms with E-state index in [1.54, 1.807) is 0 Å². The minimum atomic E-state index is 0.942. The van der Waals surface area contributed by atoms with Crippen LogP contribution in [0.3, 0.4) is 0 Å². The highest BCUT2D eigenvalue weighted by atomic mass is 79.9. The van der Waals surface area contributed by atoms with Crippen molar-refractivity contribution in [2.24, 2.45) is 0 Å². The summed E-state index contributed by atoms with van der Waals surface area (Å²) in [6, 6.07) is 6.50. The monoisotopic (exact) mass is 286 g/mol. The average molecular weight is 287 g/mol. The molecule has 0 amide bonds. The van der Waals surface area contributed by atoms with Crippen LogP contribution >= 0.6 is 39.9 Å². The fourth-order valence-corrected chi connectivity index (χ4v) is 3.66. The molecule has 0 aliphatic carbocycles. The van der Waals surface area contributed by atoms with Gasteiger partial charge in [-0.15, -0.1) is 24.0 Å². The first kappa shape index (κ1) is 10.5. The van der Waals surface area contributed by atoms with Crippen molar-refractivity contribution in [3.63, 3.8) is 0 Å². The first-order valence-electron chi connectivity index (χ1n) is 4.55. The number of halogens is 1. The highest BCUT2D eigenvalue weighted by Gasteiger charge is 2.07. The van der Waals surface area contributed by atoms with E-state index in [4.69, 9.17) is 0 Å². The van der Waals surface area contributed by atoms with Gasteiger partial charge in [-0.2, -0.15) is 0 Å². The van der Waals surface area contributed by atoms with Crippen molar-refractivity contribution >= 4 is 50.0 Å². The van der Waals surface area contributed by atoms with Gasteiger partial charge in [0.25, 0.3) is 0 Å². The molecular weight excluding hydrogens is 276 g/mol. The molecule has 0 unspecified atom stereocenters. The molecule has 3 heteroatoms. The zero-order valence-electron chi connectivity index (χ0n) is 7.88. The van der Waals surface area contributed by atoms with Crippen molar-refractivity contribution in [1.29, 1.82) is 0 Å². The molecule has 0 bridgehead atoms. The van der Waals surface area contributed by atoms with Crippen LogP contribution in [0.5, 0.6) is 0 Å². The number of benzene rings is 1. The van der Waals surface area contributed by atoms with Gasteiger partial charge in [-0.25, -0.2) is 0 Å². The lowest BCUT2D eigenvalue weighted by molar-refractivity contribution is 1.11. The lowest BCUT2D eigenvalue weighted by Crippen LogP contribution is -1.81. The van der Waals surface area contributed by atoms with Crippen LogP contribution in [-0.2, 0) is 11.8 Å². The number of hydrogen-bond donors (Lipinski definition) is 1. The largest absolute Gasteiger partial charge is 0.143 e. The Kier molecular flexibility index (Phi) is 3.20. The summed E-state index contributed by atoms with van der Waals surface area (Å²) in [5.74, 6) is 0. The number of thiol groups is 1. The standard InChI is InChI=1S/C11H11BrS2/c1-2-9-10(13)4-3-7-5-8(6-12)14-11(7)9/h3-5,13H,2,6H2,1H3. The van der Waals surface area contributed by atoms with Gasteiger partial charge >= 0.3 is 0 Å². The van der Waals surface area contributed by atoms with Gasteiger partial charge in [-0.05, 0) is 29.5 Å². The lowest BCUT2D eigenvalue weighted by atomic mass is 10.1. The van der Waals surface area contributed by atoms with Crippen LogP contribution in [-0.4, -0.2) is 0 Å². The normalized spacial score (nSPS) is 11.1. The van der Waals surface area contributed by atoms with Crippen LogP contribution in [0.25, 0.3) is 10.1 Å². The lowest BCUT2D eigenvalue weighted by Gasteiger charge is -2.02. The molecule has 0 aliphatic heterocycles. The van der Waals surface area contributed by atoms with Gasteiger partial charge in [0.15, 0.2) is 0 Å². The maximum atomic E-state index is 4.49. The van der Waals surface area contributed by atoms with Crippen molar-refractivity contribution in [3.8, 4) is 0 Å². The molecule has 1 aromatic heterocycles. The number of rotatable bonds is 2. The molecule has 1 aromatic carbocycles. The number of hydrogen-bond acceptors (Lipinski definition) is 2. The van der Waals surface area contributed by atoms with Crippen molar-refractivity contribution in [2.45, 2.75) is 23.6 Å². The van der Waals surface area contributed by atoms with E-state index in [9.17, 15) is 0 Å². The van der Waals surface area contributed by atoms with Gasteiger partial charge < -0.3 is 0 Å². The Balaban J connectivity index is 2.73. The van der Waals surface area contributed by atoms with Crippen molar-refractivity contribution in [1.82, 2.24) is 0 Å². The second kappa shape index (κ2) is 4.25. The molecule has 0 atom stereocenters. The highest BCUT2D eigenvalue weighted by molar-refractivity contribution is 9.08. The third-order valence-corrected chi connectivity index (χ3v) is 4.91. The summed E-state index contributed by atoms with van der Waals surface area (Å²) in [5.41, 5.74) is 1.38. The van der Waals surface area contributed by atoms with E-state index < -0.39 is 0 Å². The van der Waals surface area contributed by atoms with Crippen LogP contribution in [0.15, 0.2) is 23.1 Å². The van der Waals surface area contributed by atoms with E-state index in [0.29, 0.717) is 0 Å². The summed E-state index contributed by atoms with van der Waals surface area (Å²) in [6.07, 6.45) is 1.05. The fourth-order valence-electron chi connectivity index (χ4n) is 1.61. The molecule has 74 valence electrons. The molecule has 0 radical (unpaired) electrons. The third kappa shape index (κ3) is 1.73. The van der Waals surface area contributed by atoms with E-state index in [-0.39, 0.29) is 0 Å². The van der Waals surface area contributed by atoms with Gasteiger partial charge in [-0.3, -0.25) is 0 Å². The molecule has 0 saturated carbocycles. The Hall–Kier alpha value is 0.01000. The summed E-state index contributed by atoms with van der Waals surface area (Å²) in [6.45, 7) is 2.18. The predicted octanol–water partition coefficient (Wildman–Crippen LogP) is 4.65. The zero-order chi connectivity index (χ0) is 10.1. The topological polar surface area (TPSA) is 0 Å². The van der Waals surface area contributed by atoms with Crippen LogP contribution in [0.4, 0.5) is 0 Å². The highest BCUT2D eigenvalue weighted by Crippen LogP contribution is 2.33. The first-order chi connectivity index (χ1) is 6.76. The summed E-state index contributed by atoms with van der Waals surface area (Å²) >= 11 is 9.85. The molecular formula is C11H11BrS2. The third-order valence-electron chi connectivity index (χ3n) is 2.30. The van der Waals surface area contributed by atoms with Crippen LogP contribution in [0.1, 0.15) is 17.4 Å². The summed E-state index contributed by atoms with van der Waals surface area (Å²) in [5, 5.41) is 2.29. The zero-order valence-corrected chi connectivity index (χ0v) is 11.2. The Morgan fingerprint density at radius 2 is 2.21 bits per heavy atom. The van der Waals surface area contributed by atoms with E-state index in [0.717, 1.165) is 16.6 Å². The Labute approximate surface area is 102 Å². The van der Waals surface area contributed by atoms with Crippen molar-refractivity contribution < 1.29 is 0 Å². The summed E-state index contributed by atoms with van der Waals surface area (Å²) in [4.78, 5) is 2.50. The van der Waals surface area contributed by atoms with E-state index in [1.807, 2.05) is 11.3 Å². The molecule has 2 aromatic rings.